The summed E-state index contributed by atoms with van der Waals surface area (Å²) in [5.41, 5.74) is 1.24. The van der Waals surface area contributed by atoms with Gasteiger partial charge < -0.3 is 14.4 Å². The zero-order valence-corrected chi connectivity index (χ0v) is 15.5. The van der Waals surface area contributed by atoms with Crippen LogP contribution in [0.1, 0.15) is 12.0 Å². The first-order valence-electron chi connectivity index (χ1n) is 8.31. The van der Waals surface area contributed by atoms with Crippen LogP contribution < -0.4 is 4.74 Å². The molecule has 132 valence electrons. The van der Waals surface area contributed by atoms with E-state index in [2.05, 4.69) is 17.0 Å². The predicted molar refractivity (Wildman–Crippen MR) is 96.5 cm³/mol. The lowest BCUT2D eigenvalue weighted by atomic mass is 9.92. The number of likely N-dealkylation sites (N-methyl/N-ethyl adjacent to an activating group) is 1. The van der Waals surface area contributed by atoms with Crippen molar-refractivity contribution in [2.45, 2.75) is 23.8 Å². The number of carbonyl (C=O) groups excluding carboxylic acids is 1. The first-order valence-corrected chi connectivity index (χ1v) is 9.30. The van der Waals surface area contributed by atoms with Crippen LogP contribution in [0.15, 0.2) is 24.3 Å². The fourth-order valence-electron chi connectivity index (χ4n) is 3.40. The van der Waals surface area contributed by atoms with Crippen LogP contribution in [0.5, 0.6) is 5.75 Å². The van der Waals surface area contributed by atoms with Gasteiger partial charge in [-0.2, -0.15) is 0 Å². The summed E-state index contributed by atoms with van der Waals surface area (Å²) < 4.78 is 11.5. The average molecular weight is 350 g/mol. The number of carbonyl (C=O) groups is 1. The Balaban J connectivity index is 1.45. The highest BCUT2D eigenvalue weighted by atomic mass is 32.2. The molecule has 6 heteroatoms. The number of thioether (sulfide) groups is 1. The van der Waals surface area contributed by atoms with Crippen molar-refractivity contribution in [1.29, 1.82) is 0 Å². The monoisotopic (exact) mass is 350 g/mol. The molecule has 2 aliphatic rings. The second kappa shape index (κ2) is 7.33. The number of rotatable bonds is 6. The highest BCUT2D eigenvalue weighted by Gasteiger charge is 2.49. The molecule has 1 atom stereocenters. The largest absolute Gasteiger partial charge is 0.496 e. The molecule has 0 aromatic heterocycles. The van der Waals surface area contributed by atoms with Crippen molar-refractivity contribution in [2.24, 2.45) is 0 Å². The molecule has 2 aliphatic heterocycles. The van der Waals surface area contributed by atoms with E-state index in [4.69, 9.17) is 9.47 Å². The maximum absolute atomic E-state index is 11.6. The van der Waals surface area contributed by atoms with Crippen molar-refractivity contribution in [3.8, 4) is 5.75 Å². The molecule has 0 saturated carbocycles. The average Bonchev–Trinajstić information content (AvgIpc) is 2.97. The predicted octanol–water partition coefficient (Wildman–Crippen LogP) is 1.86. The summed E-state index contributed by atoms with van der Waals surface area (Å²) >= 11 is 2.00. The summed E-state index contributed by atoms with van der Waals surface area (Å²) in [5.74, 6) is 1.98. The molecule has 0 bridgehead atoms. The van der Waals surface area contributed by atoms with Gasteiger partial charge in [0.1, 0.15) is 12.4 Å². The second-order valence-corrected chi connectivity index (χ2v) is 8.36. The molecule has 1 spiro atoms. The van der Waals surface area contributed by atoms with E-state index >= 15 is 0 Å². The molecule has 0 radical (unpaired) electrons. The lowest BCUT2D eigenvalue weighted by Gasteiger charge is -2.47. The van der Waals surface area contributed by atoms with Gasteiger partial charge in [0.05, 0.1) is 13.2 Å². The van der Waals surface area contributed by atoms with Crippen LogP contribution in [0, 0.1) is 0 Å². The smallest absolute Gasteiger partial charge is 0.248 e. The van der Waals surface area contributed by atoms with Gasteiger partial charge >= 0.3 is 0 Å². The van der Waals surface area contributed by atoms with Crippen LogP contribution in [0.2, 0.25) is 0 Å². The topological polar surface area (TPSA) is 42.0 Å². The van der Waals surface area contributed by atoms with Crippen molar-refractivity contribution < 1.29 is 14.3 Å². The van der Waals surface area contributed by atoms with Crippen LogP contribution in [-0.4, -0.2) is 73.2 Å². The lowest BCUT2D eigenvalue weighted by molar-refractivity contribution is -0.135. The molecule has 1 amide bonds. The van der Waals surface area contributed by atoms with Crippen LogP contribution in [0.4, 0.5) is 0 Å². The molecule has 1 aromatic rings. The Bertz CT molecular complexity index is 587. The van der Waals surface area contributed by atoms with Gasteiger partial charge in [-0.05, 0) is 12.5 Å². The Labute approximate surface area is 148 Å². The van der Waals surface area contributed by atoms with E-state index in [1.54, 1.807) is 26.1 Å². The maximum atomic E-state index is 11.6. The molecule has 24 heavy (non-hydrogen) atoms. The normalized spacial score (nSPS) is 22.4. The third-order valence-corrected chi connectivity index (χ3v) is 6.30. The minimum atomic E-state index is 0.0346. The summed E-state index contributed by atoms with van der Waals surface area (Å²) in [5, 5.41) is 0. The van der Waals surface area contributed by atoms with Crippen molar-refractivity contribution in [3.63, 3.8) is 0 Å². The fourth-order valence-corrected chi connectivity index (χ4v) is 5.01. The minimum absolute atomic E-state index is 0.0346. The molecule has 5 nitrogen and oxygen atoms in total. The number of para-hydroxylation sites is 1. The van der Waals surface area contributed by atoms with Crippen LogP contribution in [0.25, 0.3) is 0 Å². The third kappa shape index (κ3) is 3.87. The molecule has 2 saturated heterocycles. The Morgan fingerprint density at radius 1 is 1.38 bits per heavy atom. The second-order valence-electron chi connectivity index (χ2n) is 6.88. The Hall–Kier alpha value is -1.24. The zero-order chi connectivity index (χ0) is 17.2. The van der Waals surface area contributed by atoms with E-state index in [9.17, 15) is 4.79 Å². The third-order valence-electron chi connectivity index (χ3n) is 4.73. The molecular formula is C18H26N2O3S. The van der Waals surface area contributed by atoms with E-state index in [0.717, 1.165) is 37.6 Å². The highest BCUT2D eigenvalue weighted by molar-refractivity contribution is 8.01. The summed E-state index contributed by atoms with van der Waals surface area (Å²) in [7, 11) is 5.25. The van der Waals surface area contributed by atoms with Crippen LogP contribution in [0.3, 0.4) is 0 Å². The Morgan fingerprint density at radius 3 is 2.83 bits per heavy atom. The van der Waals surface area contributed by atoms with E-state index in [1.165, 1.54) is 5.56 Å². The Morgan fingerprint density at radius 2 is 2.12 bits per heavy atom. The first kappa shape index (κ1) is 17.6. The number of hydrogen-bond acceptors (Lipinski definition) is 5. The van der Waals surface area contributed by atoms with Gasteiger partial charge in [-0.15, -0.1) is 11.8 Å². The van der Waals surface area contributed by atoms with Gasteiger partial charge in [0, 0.05) is 49.8 Å². The van der Waals surface area contributed by atoms with Crippen LogP contribution in [-0.2, 0) is 16.1 Å². The first-order chi connectivity index (χ1) is 11.5. The van der Waals surface area contributed by atoms with Crippen molar-refractivity contribution in [1.82, 2.24) is 9.80 Å². The molecule has 2 fully saturated rings. The van der Waals surface area contributed by atoms with Crippen molar-refractivity contribution in [2.75, 3.05) is 46.7 Å². The zero-order valence-electron chi connectivity index (χ0n) is 14.7. The van der Waals surface area contributed by atoms with E-state index in [1.807, 2.05) is 23.9 Å². The molecule has 1 aromatic carbocycles. The van der Waals surface area contributed by atoms with Gasteiger partial charge in [-0.1, -0.05) is 18.2 Å². The van der Waals surface area contributed by atoms with E-state index < -0.39 is 0 Å². The van der Waals surface area contributed by atoms with Gasteiger partial charge in [-0.25, -0.2) is 0 Å². The molecule has 0 N–H and O–H groups in total. The molecular weight excluding hydrogens is 324 g/mol. The number of methoxy groups -OCH3 is 1. The minimum Gasteiger partial charge on any atom is -0.496 e. The number of likely N-dealkylation sites (tertiary alicyclic amines) is 1. The van der Waals surface area contributed by atoms with Crippen LogP contribution >= 0.6 is 11.8 Å². The summed E-state index contributed by atoms with van der Waals surface area (Å²) in [4.78, 5) is 15.7. The quantitative estimate of drug-likeness (QED) is 0.783. The van der Waals surface area contributed by atoms with Crippen molar-refractivity contribution >= 4 is 17.7 Å². The van der Waals surface area contributed by atoms with Gasteiger partial charge in [0.15, 0.2) is 0 Å². The molecule has 0 aliphatic carbocycles. The number of amides is 1. The molecule has 0 unspecified atom stereocenters. The van der Waals surface area contributed by atoms with Gasteiger partial charge in [0.25, 0.3) is 0 Å². The van der Waals surface area contributed by atoms with E-state index in [0.29, 0.717) is 4.75 Å². The number of benzene rings is 1. The Kier molecular flexibility index (Phi) is 5.37. The number of ether oxygens (including phenoxy) is 2. The SMILES string of the molecule is COc1ccccc1CN1CC2(C[C@H](OCC(=O)N(C)C)CS2)C1. The highest BCUT2D eigenvalue weighted by Crippen LogP contribution is 2.46. The van der Waals surface area contributed by atoms with Gasteiger partial charge in [-0.3, -0.25) is 9.69 Å². The van der Waals surface area contributed by atoms with Crippen molar-refractivity contribution in [3.05, 3.63) is 29.8 Å². The number of hydrogen-bond donors (Lipinski definition) is 0. The number of nitrogens with zero attached hydrogens (tertiary/aromatic N) is 2. The maximum Gasteiger partial charge on any atom is 0.248 e. The summed E-state index contributed by atoms with van der Waals surface area (Å²) in [6.07, 6.45) is 1.24. The molecule has 2 heterocycles. The molecule has 3 rings (SSSR count). The van der Waals surface area contributed by atoms with Gasteiger partial charge in [0.2, 0.25) is 5.91 Å². The summed E-state index contributed by atoms with van der Waals surface area (Å²) in [6, 6.07) is 8.21. The standard InChI is InChI=1S/C18H26N2O3S/c1-19(2)17(21)10-23-15-8-18(24-11-15)12-20(13-18)9-14-6-4-5-7-16(14)22-3/h4-7,15H,8-13H2,1-3H3/t15-/m0/s1. The summed E-state index contributed by atoms with van der Waals surface area (Å²) in [6.45, 7) is 3.28. The lowest BCUT2D eigenvalue weighted by Crippen LogP contribution is -2.58. The van der Waals surface area contributed by atoms with E-state index in [-0.39, 0.29) is 18.6 Å². The fraction of sp³-hybridized carbons (Fsp3) is 0.611.